The van der Waals surface area contributed by atoms with Crippen LogP contribution in [-0.4, -0.2) is 14.4 Å². The third-order valence-electron chi connectivity index (χ3n) is 1.29. The molecule has 0 aromatic carbocycles. The number of hydrogen-bond acceptors (Lipinski definition) is 2. The summed E-state index contributed by atoms with van der Waals surface area (Å²) in [5.74, 6) is 0.516. The lowest BCUT2D eigenvalue weighted by molar-refractivity contribution is 1.11. The molecule has 3 nitrogen and oxygen atoms in total. The summed E-state index contributed by atoms with van der Waals surface area (Å²) in [4.78, 5) is 7.85. The first kappa shape index (κ1) is 6.88. The molecule has 0 aliphatic rings. The molecule has 5 heteroatoms. The van der Waals surface area contributed by atoms with Crippen molar-refractivity contribution in [1.82, 2.24) is 14.4 Å². The second-order valence-electron chi connectivity index (χ2n) is 2.00. The highest BCUT2D eigenvalue weighted by atomic mass is 35.5. The highest BCUT2D eigenvalue weighted by Gasteiger charge is 2.01. The topological polar surface area (TPSA) is 30.2 Å². The Bertz CT molecular complexity index is 396. The van der Waals surface area contributed by atoms with Crippen molar-refractivity contribution in [2.24, 2.45) is 0 Å². The molecule has 0 saturated heterocycles. The molecule has 0 amide bonds. The SMILES string of the molecule is Clc1cn2c(Cl)ccnc2n1. The molecule has 2 heterocycles. The molecule has 2 aromatic heterocycles. The molecular weight excluding hydrogens is 185 g/mol. The van der Waals surface area contributed by atoms with Gasteiger partial charge in [-0.3, -0.25) is 4.40 Å². The first-order chi connectivity index (χ1) is 5.27. The van der Waals surface area contributed by atoms with Crippen molar-refractivity contribution in [2.75, 3.05) is 0 Å². The standard InChI is InChI=1S/C6H3Cl2N3/c7-4-3-11-5(8)1-2-9-6(11)10-4/h1-3H. The first-order valence-electron chi connectivity index (χ1n) is 2.92. The molecule has 0 aliphatic carbocycles. The van der Waals surface area contributed by atoms with Gasteiger partial charge >= 0.3 is 0 Å². The van der Waals surface area contributed by atoms with Gasteiger partial charge in [-0.25, -0.2) is 4.98 Å². The molecule has 0 spiro atoms. The third kappa shape index (κ3) is 1.06. The maximum absolute atomic E-state index is 5.79. The van der Waals surface area contributed by atoms with Gasteiger partial charge in [0, 0.05) is 6.20 Å². The molecule has 56 valence electrons. The summed E-state index contributed by atoms with van der Waals surface area (Å²) in [7, 11) is 0. The second kappa shape index (κ2) is 2.36. The first-order valence-corrected chi connectivity index (χ1v) is 3.68. The van der Waals surface area contributed by atoms with Crippen molar-refractivity contribution >= 4 is 29.0 Å². The van der Waals surface area contributed by atoms with Gasteiger partial charge in [0.05, 0.1) is 6.20 Å². The highest BCUT2D eigenvalue weighted by molar-refractivity contribution is 6.31. The highest BCUT2D eigenvalue weighted by Crippen LogP contribution is 2.13. The lowest BCUT2D eigenvalue weighted by Gasteiger charge is -1.92. The molecular formula is C6H3Cl2N3. The van der Waals surface area contributed by atoms with Crippen LogP contribution in [-0.2, 0) is 0 Å². The van der Waals surface area contributed by atoms with E-state index in [1.54, 1.807) is 22.9 Å². The molecule has 0 bridgehead atoms. The van der Waals surface area contributed by atoms with E-state index in [2.05, 4.69) is 9.97 Å². The Morgan fingerprint density at radius 2 is 2.18 bits per heavy atom. The van der Waals surface area contributed by atoms with Crippen LogP contribution in [0.1, 0.15) is 0 Å². The summed E-state index contributed by atoms with van der Waals surface area (Å²) in [5, 5.41) is 0.944. The second-order valence-corrected chi connectivity index (χ2v) is 2.78. The molecule has 2 rings (SSSR count). The molecule has 0 aliphatic heterocycles. The number of nitrogens with zero attached hydrogens (tertiary/aromatic N) is 3. The lowest BCUT2D eigenvalue weighted by Crippen LogP contribution is -1.86. The van der Waals surface area contributed by atoms with Gasteiger partial charge in [0.2, 0.25) is 5.78 Å². The van der Waals surface area contributed by atoms with Crippen LogP contribution in [0.15, 0.2) is 18.5 Å². The summed E-state index contributed by atoms with van der Waals surface area (Å²) in [6, 6.07) is 1.67. The molecule has 0 atom stereocenters. The number of hydrogen-bond donors (Lipinski definition) is 0. The summed E-state index contributed by atoms with van der Waals surface area (Å²) >= 11 is 11.4. The van der Waals surface area contributed by atoms with E-state index in [-0.39, 0.29) is 0 Å². The van der Waals surface area contributed by atoms with Crippen LogP contribution < -0.4 is 0 Å². The molecule has 0 radical (unpaired) electrons. The van der Waals surface area contributed by atoms with Gasteiger partial charge in [-0.1, -0.05) is 23.2 Å². The van der Waals surface area contributed by atoms with Gasteiger partial charge in [0.15, 0.2) is 0 Å². The van der Waals surface area contributed by atoms with Crippen molar-refractivity contribution in [2.45, 2.75) is 0 Å². The Balaban J connectivity index is 2.90. The van der Waals surface area contributed by atoms with E-state index in [1.165, 1.54) is 0 Å². The normalized spacial score (nSPS) is 10.7. The minimum Gasteiger partial charge on any atom is -0.272 e. The van der Waals surface area contributed by atoms with E-state index in [0.717, 1.165) is 0 Å². The number of imidazole rings is 1. The van der Waals surface area contributed by atoms with Crippen LogP contribution in [0, 0.1) is 0 Å². The molecule has 11 heavy (non-hydrogen) atoms. The molecule has 0 saturated carbocycles. The Morgan fingerprint density at radius 3 is 2.91 bits per heavy atom. The van der Waals surface area contributed by atoms with Gasteiger partial charge in [-0.05, 0) is 6.07 Å². The fraction of sp³-hybridized carbons (Fsp3) is 0. The number of fused-ring (bicyclic) bond motifs is 1. The van der Waals surface area contributed by atoms with Crippen LogP contribution in [0.3, 0.4) is 0 Å². The van der Waals surface area contributed by atoms with Crippen molar-refractivity contribution in [3.63, 3.8) is 0 Å². The maximum Gasteiger partial charge on any atom is 0.236 e. The predicted molar refractivity (Wildman–Crippen MR) is 43.0 cm³/mol. The number of aromatic nitrogens is 3. The van der Waals surface area contributed by atoms with E-state index in [9.17, 15) is 0 Å². The van der Waals surface area contributed by atoms with Crippen LogP contribution in [0.2, 0.25) is 10.3 Å². The van der Waals surface area contributed by atoms with Crippen molar-refractivity contribution in [3.05, 3.63) is 28.8 Å². The monoisotopic (exact) mass is 187 g/mol. The minimum absolute atomic E-state index is 0.394. The van der Waals surface area contributed by atoms with Crippen molar-refractivity contribution in [1.29, 1.82) is 0 Å². The lowest BCUT2D eigenvalue weighted by atomic mass is 10.7. The third-order valence-corrected chi connectivity index (χ3v) is 1.78. The fourth-order valence-electron chi connectivity index (χ4n) is 0.837. The Kier molecular flexibility index (Phi) is 1.47. The Labute approximate surface area is 72.6 Å². The van der Waals surface area contributed by atoms with E-state index in [0.29, 0.717) is 16.1 Å². The largest absolute Gasteiger partial charge is 0.272 e. The van der Waals surface area contributed by atoms with Crippen molar-refractivity contribution in [3.8, 4) is 0 Å². The summed E-state index contributed by atoms with van der Waals surface area (Å²) in [5.41, 5.74) is 0. The molecule has 0 fully saturated rings. The van der Waals surface area contributed by atoms with Crippen molar-refractivity contribution < 1.29 is 0 Å². The maximum atomic E-state index is 5.79. The number of halogens is 2. The van der Waals surface area contributed by atoms with Gasteiger partial charge in [0.1, 0.15) is 10.3 Å². The average molecular weight is 188 g/mol. The van der Waals surface area contributed by atoms with E-state index in [4.69, 9.17) is 23.2 Å². The zero-order chi connectivity index (χ0) is 7.84. The summed E-state index contributed by atoms with van der Waals surface area (Å²) < 4.78 is 1.61. The summed E-state index contributed by atoms with van der Waals surface area (Å²) in [6.45, 7) is 0. The van der Waals surface area contributed by atoms with Gasteiger partial charge < -0.3 is 0 Å². The van der Waals surface area contributed by atoms with E-state index < -0.39 is 0 Å². The zero-order valence-electron chi connectivity index (χ0n) is 5.33. The van der Waals surface area contributed by atoms with Crippen LogP contribution in [0.5, 0.6) is 0 Å². The van der Waals surface area contributed by atoms with Gasteiger partial charge in [0.25, 0.3) is 0 Å². The quantitative estimate of drug-likeness (QED) is 0.592. The van der Waals surface area contributed by atoms with Gasteiger partial charge in [-0.15, -0.1) is 0 Å². The summed E-state index contributed by atoms with van der Waals surface area (Å²) in [6.07, 6.45) is 3.20. The van der Waals surface area contributed by atoms with E-state index in [1.807, 2.05) is 0 Å². The average Bonchev–Trinajstić information content (AvgIpc) is 2.31. The predicted octanol–water partition coefficient (Wildman–Crippen LogP) is 2.04. The zero-order valence-corrected chi connectivity index (χ0v) is 6.84. The molecule has 0 N–H and O–H groups in total. The molecule has 0 unspecified atom stereocenters. The van der Waals surface area contributed by atoms with Crippen LogP contribution in [0.25, 0.3) is 5.78 Å². The molecule has 2 aromatic rings. The fourth-order valence-corrected chi connectivity index (χ4v) is 1.19. The smallest absolute Gasteiger partial charge is 0.236 e. The van der Waals surface area contributed by atoms with Crippen LogP contribution in [0.4, 0.5) is 0 Å². The minimum atomic E-state index is 0.394. The van der Waals surface area contributed by atoms with Gasteiger partial charge in [-0.2, -0.15) is 4.98 Å². The number of rotatable bonds is 0. The van der Waals surface area contributed by atoms with E-state index >= 15 is 0 Å². The Morgan fingerprint density at radius 1 is 1.36 bits per heavy atom. The van der Waals surface area contributed by atoms with Crippen LogP contribution >= 0.6 is 23.2 Å². The Hall–Kier alpha value is -0.800.